The molecule has 0 aromatic heterocycles. The molecule has 0 radical (unpaired) electrons. The van der Waals surface area contributed by atoms with Gasteiger partial charge in [-0.25, -0.2) is 17.9 Å². The van der Waals surface area contributed by atoms with E-state index in [1.165, 1.54) is 18.2 Å². The highest BCUT2D eigenvalue weighted by Gasteiger charge is 2.12. The van der Waals surface area contributed by atoms with Gasteiger partial charge in [-0.15, -0.1) is 0 Å². The lowest BCUT2D eigenvalue weighted by atomic mass is 10.2. The molecule has 0 aliphatic heterocycles. The molecule has 21 heavy (non-hydrogen) atoms. The minimum atomic E-state index is -3.49. The van der Waals surface area contributed by atoms with E-state index in [4.69, 9.17) is 5.11 Å². The monoisotopic (exact) mass is 329 g/mol. The van der Waals surface area contributed by atoms with E-state index < -0.39 is 16.0 Å². The topological polar surface area (TPSA) is 83.5 Å². The Kier molecular flexibility index (Phi) is 7.49. The van der Waals surface area contributed by atoms with Gasteiger partial charge in [-0.2, -0.15) is 11.8 Å². The van der Waals surface area contributed by atoms with Crippen molar-refractivity contribution in [3.63, 3.8) is 0 Å². The number of nitrogens with one attached hydrogen (secondary N) is 1. The number of rotatable bonds is 9. The van der Waals surface area contributed by atoms with Crippen LogP contribution in [0.2, 0.25) is 0 Å². The van der Waals surface area contributed by atoms with Gasteiger partial charge in [-0.1, -0.05) is 12.1 Å². The van der Waals surface area contributed by atoms with Crippen LogP contribution in [0.25, 0.3) is 6.08 Å². The van der Waals surface area contributed by atoms with E-state index >= 15 is 0 Å². The second-order valence-electron chi connectivity index (χ2n) is 4.34. The standard InChI is InChI=1S/C14H19NO4S2/c1-20-11-3-2-10-15-21(18,19)13-7-4-12(5-8-13)6-9-14(16)17/h4-9,15H,2-3,10-11H2,1H3,(H,16,17)/b9-6+. The largest absolute Gasteiger partial charge is 0.478 e. The van der Waals surface area contributed by atoms with Gasteiger partial charge >= 0.3 is 5.97 Å². The average molecular weight is 329 g/mol. The van der Waals surface area contributed by atoms with Crippen molar-refractivity contribution in [3.05, 3.63) is 35.9 Å². The Bertz CT molecular complexity index is 579. The Balaban J connectivity index is 2.61. The molecule has 5 nitrogen and oxygen atoms in total. The smallest absolute Gasteiger partial charge is 0.328 e. The Morgan fingerprint density at radius 1 is 1.29 bits per heavy atom. The average Bonchev–Trinajstić information content (AvgIpc) is 2.45. The van der Waals surface area contributed by atoms with Crippen molar-refractivity contribution in [2.75, 3.05) is 18.6 Å². The summed E-state index contributed by atoms with van der Waals surface area (Å²) >= 11 is 1.74. The van der Waals surface area contributed by atoms with Crippen LogP contribution in [0.1, 0.15) is 18.4 Å². The van der Waals surface area contributed by atoms with E-state index in [0.29, 0.717) is 12.1 Å². The van der Waals surface area contributed by atoms with Crippen molar-refractivity contribution in [1.29, 1.82) is 0 Å². The number of hydrogen-bond donors (Lipinski definition) is 2. The molecule has 0 aliphatic rings. The summed E-state index contributed by atoms with van der Waals surface area (Å²) in [5.74, 6) is -0.0228. The van der Waals surface area contributed by atoms with E-state index in [0.717, 1.165) is 24.7 Å². The van der Waals surface area contributed by atoms with Gasteiger partial charge in [0, 0.05) is 12.6 Å². The molecule has 0 fully saturated rings. The third-order valence-electron chi connectivity index (χ3n) is 2.68. The first-order chi connectivity index (χ1) is 9.95. The van der Waals surface area contributed by atoms with Gasteiger partial charge < -0.3 is 5.11 Å². The summed E-state index contributed by atoms with van der Waals surface area (Å²) in [6, 6.07) is 6.07. The predicted molar refractivity (Wildman–Crippen MR) is 85.9 cm³/mol. The van der Waals surface area contributed by atoms with E-state index in [1.807, 2.05) is 6.26 Å². The first kappa shape index (κ1) is 17.7. The number of hydrogen-bond acceptors (Lipinski definition) is 4. The molecule has 0 aliphatic carbocycles. The van der Waals surface area contributed by atoms with Gasteiger partial charge in [0.15, 0.2) is 0 Å². The van der Waals surface area contributed by atoms with Crippen LogP contribution in [0.3, 0.4) is 0 Å². The first-order valence-electron chi connectivity index (χ1n) is 6.45. The van der Waals surface area contributed by atoms with Gasteiger partial charge in [0.25, 0.3) is 0 Å². The third-order valence-corrected chi connectivity index (χ3v) is 4.85. The van der Waals surface area contributed by atoms with Crippen LogP contribution in [0, 0.1) is 0 Å². The molecule has 1 aromatic rings. The third kappa shape index (κ3) is 6.79. The molecule has 0 amide bonds. The molecule has 0 bridgehead atoms. The molecule has 1 rings (SSSR count). The number of sulfonamides is 1. The number of thioether (sulfide) groups is 1. The molecule has 0 heterocycles. The summed E-state index contributed by atoms with van der Waals surface area (Å²) in [5.41, 5.74) is 0.635. The summed E-state index contributed by atoms with van der Waals surface area (Å²) in [6.07, 6.45) is 6.22. The molecule has 0 atom stereocenters. The minimum absolute atomic E-state index is 0.180. The molecule has 0 saturated carbocycles. The summed E-state index contributed by atoms with van der Waals surface area (Å²) in [7, 11) is -3.49. The van der Waals surface area contributed by atoms with E-state index in [-0.39, 0.29) is 4.90 Å². The summed E-state index contributed by atoms with van der Waals surface area (Å²) < 4.78 is 26.6. The first-order valence-corrected chi connectivity index (χ1v) is 9.33. The lowest BCUT2D eigenvalue weighted by Gasteiger charge is -2.06. The fourth-order valence-electron chi connectivity index (χ4n) is 1.59. The number of carbonyl (C=O) groups is 1. The zero-order chi connectivity index (χ0) is 15.7. The quantitative estimate of drug-likeness (QED) is 0.536. The molecular formula is C14H19NO4S2. The van der Waals surface area contributed by atoms with Gasteiger partial charge in [-0.3, -0.25) is 0 Å². The molecule has 0 unspecified atom stereocenters. The van der Waals surface area contributed by atoms with Gasteiger partial charge in [0.2, 0.25) is 10.0 Å². The van der Waals surface area contributed by atoms with Crippen LogP contribution in [0.5, 0.6) is 0 Å². The van der Waals surface area contributed by atoms with Crippen molar-refractivity contribution >= 4 is 33.8 Å². The molecule has 7 heteroatoms. The summed E-state index contributed by atoms with van der Waals surface area (Å²) in [5, 5.41) is 8.52. The summed E-state index contributed by atoms with van der Waals surface area (Å²) in [4.78, 5) is 10.6. The zero-order valence-corrected chi connectivity index (χ0v) is 13.4. The number of aliphatic carboxylic acids is 1. The normalized spacial score (nSPS) is 11.9. The Morgan fingerprint density at radius 3 is 2.52 bits per heavy atom. The second kappa shape index (κ2) is 8.86. The molecule has 116 valence electrons. The highest BCUT2D eigenvalue weighted by Crippen LogP contribution is 2.11. The molecule has 0 saturated heterocycles. The maximum absolute atomic E-state index is 12.0. The molecule has 2 N–H and O–H groups in total. The SMILES string of the molecule is CSCCCCNS(=O)(=O)c1ccc(/C=C/C(=O)O)cc1. The fraction of sp³-hybridized carbons (Fsp3) is 0.357. The number of carboxylic acid groups (broad SMARTS) is 1. The van der Waals surface area contributed by atoms with Crippen LogP contribution < -0.4 is 4.72 Å². The van der Waals surface area contributed by atoms with Crippen molar-refractivity contribution in [3.8, 4) is 0 Å². The fourth-order valence-corrected chi connectivity index (χ4v) is 3.15. The van der Waals surface area contributed by atoms with E-state index in [2.05, 4.69) is 4.72 Å². The molecule has 0 spiro atoms. The van der Waals surface area contributed by atoms with Crippen LogP contribution in [-0.4, -0.2) is 38.0 Å². The second-order valence-corrected chi connectivity index (χ2v) is 7.09. The lowest BCUT2D eigenvalue weighted by Crippen LogP contribution is -2.24. The predicted octanol–water partition coefficient (Wildman–Crippen LogP) is 2.21. The van der Waals surface area contributed by atoms with Crippen molar-refractivity contribution < 1.29 is 18.3 Å². The highest BCUT2D eigenvalue weighted by molar-refractivity contribution is 7.98. The number of unbranched alkanes of at least 4 members (excludes halogenated alkanes) is 1. The van der Waals surface area contributed by atoms with Crippen LogP contribution in [-0.2, 0) is 14.8 Å². The van der Waals surface area contributed by atoms with Crippen LogP contribution >= 0.6 is 11.8 Å². The molecular weight excluding hydrogens is 310 g/mol. The van der Waals surface area contributed by atoms with Crippen molar-refractivity contribution in [2.45, 2.75) is 17.7 Å². The van der Waals surface area contributed by atoms with E-state index in [9.17, 15) is 13.2 Å². The Hall–Kier alpha value is -1.31. The van der Waals surface area contributed by atoms with Gasteiger partial charge in [0.1, 0.15) is 0 Å². The number of benzene rings is 1. The van der Waals surface area contributed by atoms with Crippen molar-refractivity contribution in [2.24, 2.45) is 0 Å². The Morgan fingerprint density at radius 2 is 1.95 bits per heavy atom. The zero-order valence-electron chi connectivity index (χ0n) is 11.8. The lowest BCUT2D eigenvalue weighted by molar-refractivity contribution is -0.131. The summed E-state index contributed by atoms with van der Waals surface area (Å²) in [6.45, 7) is 0.420. The van der Waals surface area contributed by atoms with Crippen LogP contribution in [0.15, 0.2) is 35.2 Å². The Labute approximate surface area is 129 Å². The maximum atomic E-state index is 12.0. The molecule has 1 aromatic carbocycles. The highest BCUT2D eigenvalue weighted by atomic mass is 32.2. The number of carboxylic acids is 1. The van der Waals surface area contributed by atoms with Crippen LogP contribution in [0.4, 0.5) is 0 Å². The van der Waals surface area contributed by atoms with E-state index in [1.54, 1.807) is 23.9 Å². The minimum Gasteiger partial charge on any atom is -0.478 e. The maximum Gasteiger partial charge on any atom is 0.328 e. The van der Waals surface area contributed by atoms with Crippen molar-refractivity contribution in [1.82, 2.24) is 4.72 Å². The van der Waals surface area contributed by atoms with Gasteiger partial charge in [0.05, 0.1) is 4.90 Å². The van der Waals surface area contributed by atoms with Gasteiger partial charge in [-0.05, 0) is 48.6 Å².